The molecule has 0 aromatic carbocycles. The zero-order chi connectivity index (χ0) is 13.3. The number of carboxylic acid groups (broad SMARTS) is 1. The molecule has 0 amide bonds. The average Bonchev–Trinajstić information content (AvgIpc) is 2.22. The van der Waals surface area contributed by atoms with Crippen molar-refractivity contribution in [1.29, 1.82) is 0 Å². The predicted octanol–water partition coefficient (Wildman–Crippen LogP) is 0.175. The Hall–Kier alpha value is -0.660. The van der Waals surface area contributed by atoms with Gasteiger partial charge < -0.3 is 14.6 Å². The van der Waals surface area contributed by atoms with Gasteiger partial charge in [-0.3, -0.25) is 4.79 Å². The van der Waals surface area contributed by atoms with Crippen molar-refractivity contribution in [3.8, 4) is 0 Å². The molecular formula is C10H20O6S. The van der Waals surface area contributed by atoms with Gasteiger partial charge in [-0.15, -0.1) is 0 Å². The molecule has 6 nitrogen and oxygen atoms in total. The molecule has 1 N–H and O–H groups in total. The third-order valence-corrected chi connectivity index (χ3v) is 3.90. The Bertz CT molecular complexity index is 311. The highest BCUT2D eigenvalue weighted by atomic mass is 32.2. The van der Waals surface area contributed by atoms with E-state index in [4.69, 9.17) is 14.6 Å². The fraction of sp³-hybridized carbons (Fsp3) is 0.900. The van der Waals surface area contributed by atoms with Gasteiger partial charge in [-0.05, 0) is 6.42 Å². The summed E-state index contributed by atoms with van der Waals surface area (Å²) >= 11 is 0. The van der Waals surface area contributed by atoms with Crippen molar-refractivity contribution in [3.05, 3.63) is 0 Å². The van der Waals surface area contributed by atoms with Gasteiger partial charge in [0.05, 0.1) is 24.0 Å². The van der Waals surface area contributed by atoms with Gasteiger partial charge in [0, 0.05) is 20.3 Å². The molecule has 0 spiro atoms. The molecule has 0 aliphatic heterocycles. The third-order valence-electron chi connectivity index (χ3n) is 2.10. The maximum atomic E-state index is 11.5. The van der Waals surface area contributed by atoms with Crippen molar-refractivity contribution in [2.24, 2.45) is 5.92 Å². The molecule has 7 heteroatoms. The first-order valence-electron chi connectivity index (χ1n) is 5.39. The van der Waals surface area contributed by atoms with Crippen LogP contribution in [0.4, 0.5) is 0 Å². The van der Waals surface area contributed by atoms with Crippen LogP contribution in [0, 0.1) is 5.92 Å². The van der Waals surface area contributed by atoms with Gasteiger partial charge in [0.15, 0.2) is 9.84 Å². The molecular weight excluding hydrogens is 248 g/mol. The molecule has 0 saturated carbocycles. The number of hydrogen-bond acceptors (Lipinski definition) is 5. The summed E-state index contributed by atoms with van der Waals surface area (Å²) in [6, 6.07) is 0. The van der Waals surface area contributed by atoms with Crippen LogP contribution in [-0.4, -0.2) is 57.9 Å². The Kier molecular flexibility index (Phi) is 8.11. The van der Waals surface area contributed by atoms with E-state index in [0.717, 1.165) is 0 Å². The maximum absolute atomic E-state index is 11.5. The summed E-state index contributed by atoms with van der Waals surface area (Å²) in [6.07, 6.45) is 0.710. The van der Waals surface area contributed by atoms with Crippen LogP contribution < -0.4 is 0 Å². The van der Waals surface area contributed by atoms with Crippen LogP contribution in [0.25, 0.3) is 0 Å². The van der Waals surface area contributed by atoms with Crippen molar-refractivity contribution in [3.63, 3.8) is 0 Å². The molecule has 102 valence electrons. The molecule has 0 aliphatic carbocycles. The third kappa shape index (κ3) is 9.08. The fourth-order valence-corrected chi connectivity index (χ4v) is 2.57. The molecule has 17 heavy (non-hydrogen) atoms. The van der Waals surface area contributed by atoms with Crippen LogP contribution in [0.3, 0.4) is 0 Å². The number of aliphatic carboxylic acids is 1. The van der Waals surface area contributed by atoms with E-state index >= 15 is 0 Å². The molecule has 0 fully saturated rings. The van der Waals surface area contributed by atoms with Gasteiger partial charge >= 0.3 is 5.97 Å². The van der Waals surface area contributed by atoms with Crippen molar-refractivity contribution in [2.45, 2.75) is 13.3 Å². The highest BCUT2D eigenvalue weighted by Crippen LogP contribution is 2.02. The zero-order valence-corrected chi connectivity index (χ0v) is 11.0. The Morgan fingerprint density at radius 2 is 1.94 bits per heavy atom. The minimum Gasteiger partial charge on any atom is -0.481 e. The number of hydrogen-bond donors (Lipinski definition) is 1. The molecule has 0 saturated heterocycles. The number of ether oxygens (including phenoxy) is 2. The van der Waals surface area contributed by atoms with Crippen LogP contribution >= 0.6 is 0 Å². The standard InChI is InChI=1S/C10H20O6S/c1-9(10(11)12)8-17(13,14)7-6-16-5-3-4-15-2/h9H,3-8H2,1-2H3,(H,11,12). The van der Waals surface area contributed by atoms with Crippen LogP contribution in [0.5, 0.6) is 0 Å². The Morgan fingerprint density at radius 1 is 1.29 bits per heavy atom. The summed E-state index contributed by atoms with van der Waals surface area (Å²) < 4.78 is 32.8. The Balaban J connectivity index is 3.75. The largest absolute Gasteiger partial charge is 0.481 e. The van der Waals surface area contributed by atoms with Crippen LogP contribution in [0.15, 0.2) is 0 Å². The van der Waals surface area contributed by atoms with Crippen LogP contribution in [0.2, 0.25) is 0 Å². The van der Waals surface area contributed by atoms with Crippen molar-refractivity contribution < 1.29 is 27.8 Å². The van der Waals surface area contributed by atoms with E-state index in [-0.39, 0.29) is 18.1 Å². The van der Waals surface area contributed by atoms with Crippen LogP contribution in [0.1, 0.15) is 13.3 Å². The SMILES string of the molecule is COCCCOCCS(=O)(=O)CC(C)C(=O)O. The molecule has 0 aromatic rings. The number of rotatable bonds is 10. The number of methoxy groups -OCH3 is 1. The predicted molar refractivity (Wildman–Crippen MR) is 62.8 cm³/mol. The number of carbonyl (C=O) groups is 1. The van der Waals surface area contributed by atoms with E-state index in [2.05, 4.69) is 0 Å². The Labute approximate surface area is 102 Å². The van der Waals surface area contributed by atoms with E-state index in [1.165, 1.54) is 6.92 Å². The number of sulfone groups is 1. The van der Waals surface area contributed by atoms with E-state index < -0.39 is 21.7 Å². The summed E-state index contributed by atoms with van der Waals surface area (Å²) in [4.78, 5) is 10.5. The lowest BCUT2D eigenvalue weighted by atomic mass is 10.2. The normalized spacial score (nSPS) is 13.5. The first-order chi connectivity index (χ1) is 7.89. The summed E-state index contributed by atoms with van der Waals surface area (Å²) in [6.45, 7) is 2.48. The van der Waals surface area contributed by atoms with Crippen molar-refractivity contribution in [1.82, 2.24) is 0 Å². The number of carboxylic acids is 1. The van der Waals surface area contributed by atoms with Gasteiger partial charge in [0.1, 0.15) is 0 Å². The monoisotopic (exact) mass is 268 g/mol. The second kappa shape index (κ2) is 8.43. The maximum Gasteiger partial charge on any atom is 0.307 e. The van der Waals surface area contributed by atoms with E-state index in [1.54, 1.807) is 7.11 Å². The minimum atomic E-state index is -3.36. The molecule has 0 radical (unpaired) electrons. The quantitative estimate of drug-likeness (QED) is 0.568. The summed E-state index contributed by atoms with van der Waals surface area (Å²) in [5.74, 6) is -2.47. The second-order valence-corrected chi connectivity index (χ2v) is 6.04. The Morgan fingerprint density at radius 3 is 2.47 bits per heavy atom. The summed E-state index contributed by atoms with van der Waals surface area (Å²) in [5.41, 5.74) is 0. The topological polar surface area (TPSA) is 89.9 Å². The zero-order valence-electron chi connectivity index (χ0n) is 10.2. The fourth-order valence-electron chi connectivity index (χ4n) is 1.13. The van der Waals surface area contributed by atoms with Gasteiger partial charge in [-0.25, -0.2) is 8.42 Å². The van der Waals surface area contributed by atoms with Gasteiger partial charge in [0.25, 0.3) is 0 Å². The van der Waals surface area contributed by atoms with E-state index in [0.29, 0.717) is 19.6 Å². The molecule has 0 aliphatic rings. The lowest BCUT2D eigenvalue weighted by molar-refractivity contribution is -0.140. The van der Waals surface area contributed by atoms with E-state index in [1.807, 2.05) is 0 Å². The molecule has 0 heterocycles. The molecule has 1 unspecified atom stereocenters. The van der Waals surface area contributed by atoms with Gasteiger partial charge in [-0.1, -0.05) is 6.92 Å². The summed E-state index contributed by atoms with van der Waals surface area (Å²) in [5, 5.41) is 8.60. The first-order valence-corrected chi connectivity index (χ1v) is 7.21. The van der Waals surface area contributed by atoms with Crippen molar-refractivity contribution >= 4 is 15.8 Å². The first kappa shape index (κ1) is 16.3. The molecule has 0 aromatic heterocycles. The molecule has 1 atom stereocenters. The van der Waals surface area contributed by atoms with Gasteiger partial charge in [0.2, 0.25) is 0 Å². The lowest BCUT2D eigenvalue weighted by Gasteiger charge is -2.08. The average molecular weight is 268 g/mol. The molecule has 0 bridgehead atoms. The highest BCUT2D eigenvalue weighted by molar-refractivity contribution is 7.91. The minimum absolute atomic E-state index is 0.0956. The van der Waals surface area contributed by atoms with Crippen LogP contribution in [-0.2, 0) is 24.1 Å². The van der Waals surface area contributed by atoms with Gasteiger partial charge in [-0.2, -0.15) is 0 Å². The van der Waals surface area contributed by atoms with Crippen molar-refractivity contribution in [2.75, 3.05) is 38.4 Å². The molecule has 0 rings (SSSR count). The second-order valence-electron chi connectivity index (χ2n) is 3.81. The lowest BCUT2D eigenvalue weighted by Crippen LogP contribution is -2.24. The highest BCUT2D eigenvalue weighted by Gasteiger charge is 2.20. The van der Waals surface area contributed by atoms with E-state index in [9.17, 15) is 13.2 Å². The smallest absolute Gasteiger partial charge is 0.307 e. The summed E-state index contributed by atoms with van der Waals surface area (Å²) in [7, 11) is -1.77.